The molecule has 0 spiro atoms. The van der Waals surface area contributed by atoms with E-state index in [1.54, 1.807) is 36.9 Å². The van der Waals surface area contributed by atoms with Crippen LogP contribution in [-0.4, -0.2) is 29.1 Å². The van der Waals surface area contributed by atoms with Crippen molar-refractivity contribution in [2.45, 2.75) is 31.1 Å². The highest BCUT2D eigenvalue weighted by atomic mass is 32.2. The number of anilines is 1. The van der Waals surface area contributed by atoms with Crippen molar-refractivity contribution in [3.05, 3.63) is 30.1 Å². The Labute approximate surface area is 116 Å². The predicted octanol–water partition coefficient (Wildman–Crippen LogP) is 3.06. The van der Waals surface area contributed by atoms with Gasteiger partial charge in [0.25, 0.3) is 0 Å². The van der Waals surface area contributed by atoms with Gasteiger partial charge in [0.1, 0.15) is 11.4 Å². The van der Waals surface area contributed by atoms with E-state index in [-0.39, 0.29) is 11.8 Å². The van der Waals surface area contributed by atoms with Crippen LogP contribution in [0.4, 0.5) is 10.1 Å². The third-order valence-corrected chi connectivity index (χ3v) is 4.56. The Morgan fingerprint density at radius 3 is 2.89 bits per heavy atom. The van der Waals surface area contributed by atoms with Gasteiger partial charge < -0.3 is 10.1 Å². The summed E-state index contributed by atoms with van der Waals surface area (Å²) in [5.41, 5.74) is -0.465. The lowest BCUT2D eigenvalue weighted by Gasteiger charge is -2.28. The topological polar surface area (TPSA) is 38.3 Å². The van der Waals surface area contributed by atoms with E-state index in [1.165, 1.54) is 6.07 Å². The molecule has 3 nitrogen and oxygen atoms in total. The molecule has 0 bridgehead atoms. The number of hydrogen-bond donors (Lipinski definition) is 1. The number of ether oxygens (including phenoxy) is 1. The quantitative estimate of drug-likeness (QED) is 0.862. The van der Waals surface area contributed by atoms with Crippen LogP contribution in [0.2, 0.25) is 0 Å². The largest absolute Gasteiger partial charge is 0.464 e. The Kier molecular flexibility index (Phi) is 4.34. The van der Waals surface area contributed by atoms with Crippen molar-refractivity contribution < 1.29 is 13.9 Å². The van der Waals surface area contributed by atoms with Gasteiger partial charge in [0.2, 0.25) is 0 Å². The van der Waals surface area contributed by atoms with Gasteiger partial charge in [-0.1, -0.05) is 19.1 Å². The van der Waals surface area contributed by atoms with E-state index in [0.717, 1.165) is 0 Å². The first kappa shape index (κ1) is 14.2. The van der Waals surface area contributed by atoms with Gasteiger partial charge in [-0.05, 0) is 25.5 Å². The number of nitrogens with one attached hydrogen (secondary N) is 1. The van der Waals surface area contributed by atoms with Crippen LogP contribution in [0.25, 0.3) is 0 Å². The molecule has 0 radical (unpaired) electrons. The minimum Gasteiger partial charge on any atom is -0.464 e. The molecule has 0 amide bonds. The summed E-state index contributed by atoms with van der Waals surface area (Å²) in [4.78, 5) is 12.2. The summed E-state index contributed by atoms with van der Waals surface area (Å²) in [6, 6.07) is 6.40. The monoisotopic (exact) mass is 283 g/mol. The Balaban J connectivity index is 2.24. The number of thioether (sulfide) groups is 1. The molecule has 0 aromatic heterocycles. The smallest absolute Gasteiger partial charge is 0.332 e. The number of carbonyl (C=O) groups excluding carboxylic acids is 1. The number of carbonyl (C=O) groups is 1. The summed E-state index contributed by atoms with van der Waals surface area (Å²) in [6.45, 7) is 4.17. The molecule has 1 N–H and O–H groups in total. The van der Waals surface area contributed by atoms with Gasteiger partial charge in [0, 0.05) is 11.0 Å². The van der Waals surface area contributed by atoms with Gasteiger partial charge in [-0.2, -0.15) is 11.8 Å². The van der Waals surface area contributed by atoms with Crippen molar-refractivity contribution in [3.8, 4) is 0 Å². The Bertz CT molecular complexity index is 469. The van der Waals surface area contributed by atoms with Gasteiger partial charge in [-0.3, -0.25) is 0 Å². The highest BCUT2D eigenvalue weighted by Crippen LogP contribution is 2.38. The van der Waals surface area contributed by atoms with Crippen LogP contribution in [0, 0.1) is 5.82 Å². The summed E-state index contributed by atoms with van der Waals surface area (Å²) in [6.07, 6.45) is 0.644. The molecular weight excluding hydrogens is 265 g/mol. The maximum absolute atomic E-state index is 13.7. The molecule has 19 heavy (non-hydrogen) atoms. The second-order valence-electron chi connectivity index (χ2n) is 4.73. The van der Waals surface area contributed by atoms with Crippen LogP contribution >= 0.6 is 11.8 Å². The Hall–Kier alpha value is -1.23. The average molecular weight is 283 g/mol. The fourth-order valence-electron chi connectivity index (χ4n) is 2.26. The number of hydrogen-bond acceptors (Lipinski definition) is 4. The molecule has 1 saturated heterocycles. The Morgan fingerprint density at radius 1 is 1.58 bits per heavy atom. The van der Waals surface area contributed by atoms with Crippen LogP contribution in [-0.2, 0) is 9.53 Å². The molecule has 0 aliphatic carbocycles. The lowest BCUT2D eigenvalue weighted by atomic mass is 9.95. The zero-order valence-corrected chi connectivity index (χ0v) is 11.9. The van der Waals surface area contributed by atoms with Crippen molar-refractivity contribution in [2.24, 2.45) is 0 Å². The first-order valence-electron chi connectivity index (χ1n) is 6.39. The molecule has 1 aromatic rings. The van der Waals surface area contributed by atoms with E-state index in [9.17, 15) is 9.18 Å². The number of halogens is 1. The predicted molar refractivity (Wildman–Crippen MR) is 75.9 cm³/mol. The van der Waals surface area contributed by atoms with E-state index in [4.69, 9.17) is 4.74 Å². The molecule has 2 unspecified atom stereocenters. The molecular formula is C14H18FNO2S. The van der Waals surface area contributed by atoms with Crippen molar-refractivity contribution in [1.29, 1.82) is 0 Å². The van der Waals surface area contributed by atoms with E-state index < -0.39 is 5.54 Å². The number of benzene rings is 1. The number of para-hydroxylation sites is 1. The average Bonchev–Trinajstić information content (AvgIpc) is 2.75. The molecule has 0 saturated carbocycles. The second kappa shape index (κ2) is 5.82. The third kappa shape index (κ3) is 3.03. The molecule has 1 fully saturated rings. The molecule has 1 aliphatic heterocycles. The normalized spacial score (nSPS) is 26.2. The van der Waals surface area contributed by atoms with Gasteiger partial charge in [0.15, 0.2) is 0 Å². The Morgan fingerprint density at radius 2 is 2.32 bits per heavy atom. The van der Waals surface area contributed by atoms with Crippen LogP contribution < -0.4 is 5.32 Å². The fraction of sp³-hybridized carbons (Fsp3) is 0.500. The van der Waals surface area contributed by atoms with Crippen LogP contribution in [0.15, 0.2) is 24.3 Å². The molecule has 1 heterocycles. The standard InChI is InChI=1S/C14H18FNO2S/c1-3-18-13(17)14(8-10(2)19-9-14)16-12-7-5-4-6-11(12)15/h4-7,10,16H,3,8-9H2,1-2H3. The summed E-state index contributed by atoms with van der Waals surface area (Å²) in [5, 5.41) is 3.42. The SMILES string of the molecule is CCOC(=O)C1(Nc2ccccc2F)CSC(C)C1. The van der Waals surface area contributed by atoms with Gasteiger partial charge in [0.05, 0.1) is 12.3 Å². The van der Waals surface area contributed by atoms with Crippen LogP contribution in [0.5, 0.6) is 0 Å². The molecule has 104 valence electrons. The van der Waals surface area contributed by atoms with Gasteiger partial charge in [-0.25, -0.2) is 9.18 Å². The molecule has 5 heteroatoms. The van der Waals surface area contributed by atoms with E-state index in [2.05, 4.69) is 12.2 Å². The zero-order valence-electron chi connectivity index (χ0n) is 11.1. The second-order valence-corrected chi connectivity index (χ2v) is 6.16. The van der Waals surface area contributed by atoms with Crippen LogP contribution in [0.3, 0.4) is 0 Å². The number of rotatable bonds is 4. The summed E-state index contributed by atoms with van der Waals surface area (Å²) >= 11 is 1.70. The van der Waals surface area contributed by atoms with Crippen molar-refractivity contribution in [3.63, 3.8) is 0 Å². The minimum atomic E-state index is -0.817. The lowest BCUT2D eigenvalue weighted by Crippen LogP contribution is -2.48. The summed E-state index contributed by atoms with van der Waals surface area (Å²) in [7, 11) is 0. The minimum absolute atomic E-state index is 0.296. The molecule has 1 aromatic carbocycles. The first-order valence-corrected chi connectivity index (χ1v) is 7.44. The van der Waals surface area contributed by atoms with E-state index in [0.29, 0.717) is 29.7 Å². The maximum atomic E-state index is 13.7. The maximum Gasteiger partial charge on any atom is 0.332 e. The van der Waals surface area contributed by atoms with E-state index in [1.807, 2.05) is 0 Å². The van der Waals surface area contributed by atoms with Gasteiger partial charge in [-0.15, -0.1) is 0 Å². The van der Waals surface area contributed by atoms with E-state index >= 15 is 0 Å². The van der Waals surface area contributed by atoms with Crippen LogP contribution in [0.1, 0.15) is 20.3 Å². The number of esters is 1. The molecule has 2 rings (SSSR count). The summed E-state index contributed by atoms with van der Waals surface area (Å²) in [5.74, 6) is -0.0488. The highest BCUT2D eigenvalue weighted by molar-refractivity contribution is 8.00. The fourth-order valence-corrected chi connectivity index (χ4v) is 3.54. The van der Waals surface area contributed by atoms with Gasteiger partial charge >= 0.3 is 5.97 Å². The summed E-state index contributed by atoms with van der Waals surface area (Å²) < 4.78 is 18.9. The zero-order chi connectivity index (χ0) is 13.9. The van der Waals surface area contributed by atoms with Crippen molar-refractivity contribution in [2.75, 3.05) is 17.7 Å². The lowest BCUT2D eigenvalue weighted by molar-refractivity contribution is -0.147. The van der Waals surface area contributed by atoms with Crippen molar-refractivity contribution in [1.82, 2.24) is 0 Å². The third-order valence-electron chi connectivity index (χ3n) is 3.16. The first-order chi connectivity index (χ1) is 9.07. The molecule has 1 aliphatic rings. The van der Waals surface area contributed by atoms with Crippen molar-refractivity contribution >= 4 is 23.4 Å². The molecule has 2 atom stereocenters. The highest BCUT2D eigenvalue weighted by Gasteiger charge is 2.46.